The molecule has 0 amide bonds. The molecule has 0 saturated carbocycles. The number of rotatable bonds is 5. The van der Waals surface area contributed by atoms with Crippen molar-refractivity contribution in [1.29, 1.82) is 0 Å². The number of cyclic esters (lactones) is 1. The highest BCUT2D eigenvalue weighted by Crippen LogP contribution is 2.47. The van der Waals surface area contributed by atoms with Crippen LogP contribution in [0.15, 0.2) is 53.4 Å². The molecule has 0 fully saturated rings. The molecule has 0 aliphatic carbocycles. The third-order valence-electron chi connectivity index (χ3n) is 5.04. The van der Waals surface area contributed by atoms with Crippen molar-refractivity contribution in [3.8, 4) is 0 Å². The molecule has 27 heavy (non-hydrogen) atoms. The van der Waals surface area contributed by atoms with E-state index in [2.05, 4.69) is 0 Å². The first-order chi connectivity index (χ1) is 12.7. The van der Waals surface area contributed by atoms with Gasteiger partial charge in [-0.1, -0.05) is 38.1 Å². The first-order valence-corrected chi connectivity index (χ1v) is 10.7. The summed E-state index contributed by atoms with van der Waals surface area (Å²) in [5.41, 5.74) is 1.60. The Morgan fingerprint density at radius 3 is 1.93 bits per heavy atom. The maximum absolute atomic E-state index is 13.3. The summed E-state index contributed by atoms with van der Waals surface area (Å²) < 4.78 is 42.6. The third kappa shape index (κ3) is 3.41. The van der Waals surface area contributed by atoms with Crippen LogP contribution in [0.5, 0.6) is 0 Å². The summed E-state index contributed by atoms with van der Waals surface area (Å²) >= 11 is 0. The van der Waals surface area contributed by atoms with E-state index in [9.17, 15) is 17.6 Å². The number of hydrogen-bond donors (Lipinski definition) is 0. The molecular weight excluding hydrogens is 367 g/mol. The van der Waals surface area contributed by atoms with Crippen molar-refractivity contribution >= 4 is 27.0 Å². The number of carbonyl (C=O) groups excluding carboxylic acids is 1. The minimum Gasteiger partial charge on any atom is -0.451 e. The van der Waals surface area contributed by atoms with Crippen molar-refractivity contribution in [2.24, 2.45) is 0 Å². The fourth-order valence-electron chi connectivity index (χ4n) is 3.51. The maximum atomic E-state index is 13.3. The van der Waals surface area contributed by atoms with Crippen molar-refractivity contribution < 1.29 is 22.3 Å². The van der Waals surface area contributed by atoms with Crippen LogP contribution in [0.1, 0.15) is 37.8 Å². The zero-order chi connectivity index (χ0) is 19.8. The monoisotopic (exact) mass is 388 g/mol. The van der Waals surface area contributed by atoms with Crippen LogP contribution in [0.25, 0.3) is 11.1 Å². The van der Waals surface area contributed by atoms with E-state index in [4.69, 9.17) is 4.74 Å². The second kappa shape index (κ2) is 6.93. The topological polar surface area (TPSA) is 60.4 Å². The molecule has 3 rings (SSSR count). The SMILES string of the molecule is CCC1(CC)OC(=O)C(c2ccc(F)cc2)=C1c1ccc(S(C)(=O)=O)cc1. The molecule has 0 atom stereocenters. The average molecular weight is 388 g/mol. The van der Waals surface area contributed by atoms with Gasteiger partial charge >= 0.3 is 5.97 Å². The van der Waals surface area contributed by atoms with Gasteiger partial charge in [0.25, 0.3) is 0 Å². The highest BCUT2D eigenvalue weighted by Gasteiger charge is 2.46. The Balaban J connectivity index is 2.25. The first-order valence-electron chi connectivity index (χ1n) is 8.76. The number of sulfone groups is 1. The van der Waals surface area contributed by atoms with Gasteiger partial charge < -0.3 is 4.74 Å². The lowest BCUT2D eigenvalue weighted by molar-refractivity contribution is -0.144. The summed E-state index contributed by atoms with van der Waals surface area (Å²) in [7, 11) is -3.32. The lowest BCUT2D eigenvalue weighted by atomic mass is 9.81. The minimum absolute atomic E-state index is 0.207. The van der Waals surface area contributed by atoms with Crippen LogP contribution in [0, 0.1) is 5.82 Å². The maximum Gasteiger partial charge on any atom is 0.340 e. The van der Waals surface area contributed by atoms with E-state index in [1.807, 2.05) is 13.8 Å². The summed E-state index contributed by atoms with van der Waals surface area (Å²) in [6, 6.07) is 12.2. The summed E-state index contributed by atoms with van der Waals surface area (Å²) in [5, 5.41) is 0. The molecule has 1 heterocycles. The van der Waals surface area contributed by atoms with Gasteiger partial charge in [-0.2, -0.15) is 0 Å². The largest absolute Gasteiger partial charge is 0.451 e. The second-order valence-electron chi connectivity index (χ2n) is 6.64. The van der Waals surface area contributed by atoms with Crippen LogP contribution in [0.4, 0.5) is 4.39 Å². The Hall–Kier alpha value is -2.47. The van der Waals surface area contributed by atoms with Gasteiger partial charge in [-0.05, 0) is 48.2 Å². The molecular formula is C21H21FO4S. The predicted molar refractivity (Wildman–Crippen MR) is 102 cm³/mol. The summed E-state index contributed by atoms with van der Waals surface area (Å²) in [4.78, 5) is 12.9. The van der Waals surface area contributed by atoms with E-state index < -0.39 is 21.4 Å². The van der Waals surface area contributed by atoms with Crippen molar-refractivity contribution in [2.75, 3.05) is 6.26 Å². The van der Waals surface area contributed by atoms with Crippen molar-refractivity contribution in [1.82, 2.24) is 0 Å². The van der Waals surface area contributed by atoms with Gasteiger partial charge in [0.15, 0.2) is 9.84 Å². The molecule has 0 spiro atoms. The van der Waals surface area contributed by atoms with E-state index in [0.717, 1.165) is 11.8 Å². The molecule has 0 radical (unpaired) electrons. The normalized spacial score (nSPS) is 16.5. The second-order valence-corrected chi connectivity index (χ2v) is 8.66. The molecule has 2 aromatic rings. The number of halogens is 1. The quantitative estimate of drug-likeness (QED) is 0.718. The van der Waals surface area contributed by atoms with E-state index in [-0.39, 0.29) is 10.7 Å². The first kappa shape index (κ1) is 19.3. The highest BCUT2D eigenvalue weighted by atomic mass is 32.2. The summed E-state index contributed by atoms with van der Waals surface area (Å²) in [6.07, 6.45) is 2.29. The fraction of sp³-hybridized carbons (Fsp3) is 0.286. The predicted octanol–water partition coefficient (Wildman–Crippen LogP) is 4.26. The van der Waals surface area contributed by atoms with Gasteiger partial charge in [0.05, 0.1) is 10.5 Å². The zero-order valence-electron chi connectivity index (χ0n) is 15.5. The Bertz CT molecular complexity index is 999. The highest BCUT2D eigenvalue weighted by molar-refractivity contribution is 7.90. The zero-order valence-corrected chi connectivity index (χ0v) is 16.3. The Kier molecular flexibility index (Phi) is 4.95. The van der Waals surface area contributed by atoms with Crippen molar-refractivity contribution in [2.45, 2.75) is 37.2 Å². The van der Waals surface area contributed by atoms with E-state index in [0.29, 0.717) is 29.6 Å². The molecule has 0 bridgehead atoms. The Labute approximate surface area is 158 Å². The number of hydrogen-bond acceptors (Lipinski definition) is 4. The molecule has 0 aromatic heterocycles. The Morgan fingerprint density at radius 1 is 0.926 bits per heavy atom. The molecule has 0 N–H and O–H groups in total. The molecule has 1 aliphatic rings. The smallest absolute Gasteiger partial charge is 0.340 e. The van der Waals surface area contributed by atoms with Gasteiger partial charge in [0.2, 0.25) is 0 Å². The van der Waals surface area contributed by atoms with Gasteiger partial charge in [-0.25, -0.2) is 17.6 Å². The lowest BCUT2D eigenvalue weighted by Gasteiger charge is -2.29. The molecule has 1 aliphatic heterocycles. The summed E-state index contributed by atoms with van der Waals surface area (Å²) in [5.74, 6) is -0.838. The van der Waals surface area contributed by atoms with E-state index in [1.54, 1.807) is 24.3 Å². The molecule has 6 heteroatoms. The van der Waals surface area contributed by atoms with Gasteiger partial charge in [0.1, 0.15) is 11.4 Å². The van der Waals surface area contributed by atoms with Crippen molar-refractivity contribution in [3.63, 3.8) is 0 Å². The number of ether oxygens (including phenoxy) is 1. The van der Waals surface area contributed by atoms with E-state index in [1.165, 1.54) is 24.3 Å². The van der Waals surface area contributed by atoms with Crippen LogP contribution < -0.4 is 0 Å². The van der Waals surface area contributed by atoms with Crippen molar-refractivity contribution in [3.05, 3.63) is 65.5 Å². The molecule has 2 aromatic carbocycles. The number of benzene rings is 2. The lowest BCUT2D eigenvalue weighted by Crippen LogP contribution is -2.29. The van der Waals surface area contributed by atoms with Gasteiger partial charge in [-0.3, -0.25) is 0 Å². The van der Waals surface area contributed by atoms with Crippen LogP contribution in [-0.2, 0) is 19.4 Å². The van der Waals surface area contributed by atoms with E-state index >= 15 is 0 Å². The molecule has 0 unspecified atom stereocenters. The molecule has 0 saturated heterocycles. The van der Waals surface area contributed by atoms with Gasteiger partial charge in [0, 0.05) is 11.8 Å². The van der Waals surface area contributed by atoms with Crippen LogP contribution in [0.3, 0.4) is 0 Å². The third-order valence-corrected chi connectivity index (χ3v) is 6.17. The minimum atomic E-state index is -3.32. The standard InChI is InChI=1S/C21H21FO4S/c1-4-21(5-2)19(15-8-12-17(13-9-15)27(3,24)25)18(20(23)26-21)14-6-10-16(22)11-7-14/h6-13H,4-5H2,1-3H3. The fourth-order valence-corrected chi connectivity index (χ4v) is 4.14. The number of carbonyl (C=O) groups is 1. The van der Waals surface area contributed by atoms with Crippen LogP contribution >= 0.6 is 0 Å². The Morgan fingerprint density at radius 2 is 1.44 bits per heavy atom. The summed E-state index contributed by atoms with van der Waals surface area (Å²) in [6.45, 7) is 3.88. The van der Waals surface area contributed by atoms with Gasteiger partial charge in [-0.15, -0.1) is 0 Å². The number of esters is 1. The molecule has 4 nitrogen and oxygen atoms in total. The van der Waals surface area contributed by atoms with Crippen LogP contribution in [-0.4, -0.2) is 26.2 Å². The van der Waals surface area contributed by atoms with Crippen LogP contribution in [0.2, 0.25) is 0 Å². The average Bonchev–Trinajstić information content (AvgIpc) is 2.95. The molecule has 142 valence electrons.